The number of rotatable bonds is 5. The van der Waals surface area contributed by atoms with Gasteiger partial charge in [0, 0.05) is 10.9 Å². The average molecular weight is 366 g/mol. The van der Waals surface area contributed by atoms with Gasteiger partial charge in [0.25, 0.3) is 5.91 Å². The van der Waals surface area contributed by atoms with E-state index < -0.39 is 11.6 Å². The van der Waals surface area contributed by atoms with Gasteiger partial charge in [0.15, 0.2) is 5.13 Å². The molecule has 25 heavy (non-hydrogen) atoms. The molecule has 1 amide bonds. The van der Waals surface area contributed by atoms with Crippen molar-refractivity contribution in [3.05, 3.63) is 35.2 Å². The summed E-state index contributed by atoms with van der Waals surface area (Å²) in [5.41, 5.74) is 0.364. The zero-order chi connectivity index (χ0) is 17.8. The van der Waals surface area contributed by atoms with Crippen LogP contribution < -0.4 is 5.32 Å². The Morgan fingerprint density at radius 2 is 2.16 bits per heavy atom. The zero-order valence-corrected chi connectivity index (χ0v) is 14.7. The number of amides is 1. The molecule has 0 saturated heterocycles. The Morgan fingerprint density at radius 1 is 1.36 bits per heavy atom. The summed E-state index contributed by atoms with van der Waals surface area (Å²) >= 11 is 1.16. The van der Waals surface area contributed by atoms with Gasteiger partial charge in [-0.15, -0.1) is 11.3 Å². The van der Waals surface area contributed by atoms with Gasteiger partial charge >= 0.3 is 0 Å². The summed E-state index contributed by atoms with van der Waals surface area (Å²) in [4.78, 5) is 16.2. The van der Waals surface area contributed by atoms with Crippen molar-refractivity contribution in [2.75, 3.05) is 11.9 Å². The fourth-order valence-electron chi connectivity index (χ4n) is 3.02. The van der Waals surface area contributed by atoms with Gasteiger partial charge in [0.2, 0.25) is 0 Å². The minimum absolute atomic E-state index is 0.0295. The quantitative estimate of drug-likeness (QED) is 0.840. The van der Waals surface area contributed by atoms with Gasteiger partial charge in [-0.2, -0.15) is 0 Å². The minimum Gasteiger partial charge on any atom is -0.368 e. The topological polar surface area (TPSA) is 51.2 Å². The fourth-order valence-corrected chi connectivity index (χ4v) is 3.74. The Hall–Kier alpha value is -1.86. The summed E-state index contributed by atoms with van der Waals surface area (Å²) < 4.78 is 32.8. The normalized spacial score (nSPS) is 20.4. The molecule has 0 radical (unpaired) electrons. The highest BCUT2D eigenvalue weighted by molar-refractivity contribution is 7.14. The minimum atomic E-state index is -0.556. The molecule has 4 nitrogen and oxygen atoms in total. The lowest BCUT2D eigenvalue weighted by atomic mass is 9.88. The van der Waals surface area contributed by atoms with Crippen molar-refractivity contribution in [1.29, 1.82) is 0 Å². The van der Waals surface area contributed by atoms with Crippen LogP contribution in [0.5, 0.6) is 0 Å². The van der Waals surface area contributed by atoms with Crippen molar-refractivity contribution < 1.29 is 18.3 Å². The number of nitrogens with zero attached hydrogens (tertiary/aromatic N) is 1. The molecule has 2 unspecified atom stereocenters. The van der Waals surface area contributed by atoms with E-state index in [1.54, 1.807) is 5.38 Å². The Balaban J connectivity index is 1.57. The lowest BCUT2D eigenvalue weighted by Gasteiger charge is -2.28. The summed E-state index contributed by atoms with van der Waals surface area (Å²) in [6, 6.07) is 3.20. The molecule has 1 aliphatic rings. The van der Waals surface area contributed by atoms with Gasteiger partial charge in [-0.3, -0.25) is 10.1 Å². The molecule has 2 aromatic rings. The van der Waals surface area contributed by atoms with Crippen molar-refractivity contribution in [1.82, 2.24) is 4.98 Å². The highest BCUT2D eigenvalue weighted by Crippen LogP contribution is 2.28. The van der Waals surface area contributed by atoms with Gasteiger partial charge < -0.3 is 4.74 Å². The molecule has 1 N–H and O–H groups in total. The van der Waals surface area contributed by atoms with Crippen LogP contribution in [0.15, 0.2) is 23.6 Å². The summed E-state index contributed by atoms with van der Waals surface area (Å²) in [6.45, 7) is 2.11. The largest absolute Gasteiger partial charge is 0.368 e. The first kappa shape index (κ1) is 17.9. The molecule has 7 heteroatoms. The number of anilines is 1. The van der Waals surface area contributed by atoms with Crippen LogP contribution in [0.25, 0.3) is 11.3 Å². The molecule has 1 aliphatic carbocycles. The lowest BCUT2D eigenvalue weighted by Crippen LogP contribution is -2.29. The number of nitrogens with one attached hydrogen (secondary N) is 1. The van der Waals surface area contributed by atoms with E-state index in [9.17, 15) is 13.6 Å². The van der Waals surface area contributed by atoms with Crippen LogP contribution in [0.4, 0.5) is 13.9 Å². The average Bonchev–Trinajstić information content (AvgIpc) is 3.04. The first-order valence-electron chi connectivity index (χ1n) is 8.35. The van der Waals surface area contributed by atoms with Gasteiger partial charge in [-0.1, -0.05) is 19.8 Å². The monoisotopic (exact) mass is 366 g/mol. The highest BCUT2D eigenvalue weighted by Gasteiger charge is 2.22. The molecule has 1 heterocycles. The van der Waals surface area contributed by atoms with Gasteiger partial charge in [-0.25, -0.2) is 13.8 Å². The van der Waals surface area contributed by atoms with E-state index >= 15 is 0 Å². The smallest absolute Gasteiger partial charge is 0.252 e. The molecule has 1 fully saturated rings. The second-order valence-electron chi connectivity index (χ2n) is 6.32. The van der Waals surface area contributed by atoms with Crippen molar-refractivity contribution in [2.45, 2.75) is 38.7 Å². The summed E-state index contributed by atoms with van der Waals surface area (Å²) in [7, 11) is 0. The van der Waals surface area contributed by atoms with Crippen LogP contribution in [0.3, 0.4) is 0 Å². The van der Waals surface area contributed by atoms with E-state index in [0.29, 0.717) is 16.7 Å². The molecule has 1 saturated carbocycles. The lowest BCUT2D eigenvalue weighted by molar-refractivity contribution is -0.124. The maximum Gasteiger partial charge on any atom is 0.252 e. The second-order valence-corrected chi connectivity index (χ2v) is 7.18. The Labute approximate surface area is 149 Å². The third-order valence-electron chi connectivity index (χ3n) is 4.42. The Kier molecular flexibility index (Phi) is 5.75. The second kappa shape index (κ2) is 8.01. The fraction of sp³-hybridized carbons (Fsp3) is 0.444. The van der Waals surface area contributed by atoms with Crippen LogP contribution in [0.1, 0.15) is 32.6 Å². The number of thiazole rings is 1. The molecule has 134 valence electrons. The molecule has 0 aliphatic heterocycles. The van der Waals surface area contributed by atoms with E-state index in [1.807, 2.05) is 0 Å². The Morgan fingerprint density at radius 3 is 2.96 bits per heavy atom. The van der Waals surface area contributed by atoms with Crippen LogP contribution in [-0.2, 0) is 9.53 Å². The van der Waals surface area contributed by atoms with E-state index in [1.165, 1.54) is 6.42 Å². The molecule has 1 aromatic carbocycles. The van der Waals surface area contributed by atoms with E-state index in [4.69, 9.17) is 4.74 Å². The molecular weight excluding hydrogens is 346 g/mol. The van der Waals surface area contributed by atoms with Crippen molar-refractivity contribution in [3.8, 4) is 11.3 Å². The summed E-state index contributed by atoms with van der Waals surface area (Å²) in [6.07, 6.45) is 4.57. The standard InChI is InChI=1S/C18H20F2N2O2S/c1-11-4-2-3-5-16(11)24-9-17(23)22-18-21-15(10-25-18)13-8-12(19)6-7-14(13)20/h6-8,10-11,16H,2-5,9H2,1H3,(H,21,22,23). The van der Waals surface area contributed by atoms with Gasteiger partial charge in [-0.05, 0) is 37.0 Å². The third-order valence-corrected chi connectivity index (χ3v) is 5.17. The molecule has 1 aromatic heterocycles. The number of carbonyl (C=O) groups excluding carboxylic acids is 1. The maximum absolute atomic E-state index is 13.8. The van der Waals surface area contributed by atoms with Crippen LogP contribution in [0.2, 0.25) is 0 Å². The summed E-state index contributed by atoms with van der Waals surface area (Å²) in [5, 5.41) is 4.57. The van der Waals surface area contributed by atoms with Crippen LogP contribution >= 0.6 is 11.3 Å². The number of ether oxygens (including phenoxy) is 1. The third kappa shape index (κ3) is 4.61. The number of carbonyl (C=O) groups is 1. The number of hydrogen-bond acceptors (Lipinski definition) is 4. The van der Waals surface area contributed by atoms with E-state index in [0.717, 1.165) is 48.8 Å². The SMILES string of the molecule is CC1CCCCC1OCC(=O)Nc1nc(-c2cc(F)ccc2F)cs1. The number of aromatic nitrogens is 1. The predicted octanol–water partition coefficient (Wildman–Crippen LogP) is 4.62. The highest BCUT2D eigenvalue weighted by atomic mass is 32.1. The molecule has 3 rings (SSSR count). The van der Waals surface area contributed by atoms with Gasteiger partial charge in [0.05, 0.1) is 11.8 Å². The molecule has 2 atom stereocenters. The zero-order valence-electron chi connectivity index (χ0n) is 13.9. The van der Waals surface area contributed by atoms with Crippen molar-refractivity contribution in [3.63, 3.8) is 0 Å². The van der Waals surface area contributed by atoms with Crippen molar-refractivity contribution in [2.24, 2.45) is 5.92 Å². The number of halogens is 2. The first-order valence-corrected chi connectivity index (χ1v) is 9.23. The predicted molar refractivity (Wildman–Crippen MR) is 93.5 cm³/mol. The number of benzene rings is 1. The Bertz CT molecular complexity index is 750. The summed E-state index contributed by atoms with van der Waals surface area (Å²) in [5.74, 6) is -0.925. The van der Waals surface area contributed by atoms with Gasteiger partial charge in [0.1, 0.15) is 18.2 Å². The molecule has 0 spiro atoms. The van der Waals surface area contributed by atoms with E-state index in [-0.39, 0.29) is 24.2 Å². The molecule has 0 bridgehead atoms. The van der Waals surface area contributed by atoms with Crippen LogP contribution in [0, 0.1) is 17.6 Å². The number of hydrogen-bond donors (Lipinski definition) is 1. The molecular formula is C18H20F2N2O2S. The maximum atomic E-state index is 13.8. The van der Waals surface area contributed by atoms with Crippen molar-refractivity contribution >= 4 is 22.4 Å². The van der Waals surface area contributed by atoms with Crippen LogP contribution in [-0.4, -0.2) is 23.6 Å². The first-order chi connectivity index (χ1) is 12.0. The van der Waals surface area contributed by atoms with E-state index in [2.05, 4.69) is 17.2 Å².